The van der Waals surface area contributed by atoms with Crippen molar-refractivity contribution < 1.29 is 23.4 Å². The van der Waals surface area contributed by atoms with E-state index in [1.165, 1.54) is 18.5 Å². The molecule has 8 nitrogen and oxygen atoms in total. The van der Waals surface area contributed by atoms with Gasteiger partial charge in [0.2, 0.25) is 5.82 Å². The summed E-state index contributed by atoms with van der Waals surface area (Å²) in [6.07, 6.45) is 2.72. The highest BCUT2D eigenvalue weighted by molar-refractivity contribution is 5.85. The largest absolute Gasteiger partial charge is 0.454 e. The SMILES string of the molecule is Nc1ncnn2c([C@H]3CC[C@H](CO)OC3)nc(-c3ccc(Oc4cccc(F)c4F)cc3)c12. The summed E-state index contributed by atoms with van der Waals surface area (Å²) >= 11 is 0. The lowest BCUT2D eigenvalue weighted by Gasteiger charge is -2.26. The third kappa shape index (κ3) is 3.98. The number of anilines is 1. The van der Waals surface area contributed by atoms with E-state index in [0.717, 1.165) is 18.1 Å². The highest BCUT2D eigenvalue weighted by atomic mass is 19.2. The number of nitrogens with zero attached hydrogens (tertiary/aromatic N) is 4. The molecule has 5 rings (SSSR count). The second-order valence-electron chi connectivity index (χ2n) is 7.81. The summed E-state index contributed by atoms with van der Waals surface area (Å²) in [5.74, 6) is -0.913. The molecule has 0 saturated carbocycles. The van der Waals surface area contributed by atoms with E-state index in [2.05, 4.69) is 10.1 Å². The van der Waals surface area contributed by atoms with Crippen molar-refractivity contribution in [2.75, 3.05) is 18.9 Å². The van der Waals surface area contributed by atoms with Crippen LogP contribution in [0.4, 0.5) is 14.6 Å². The van der Waals surface area contributed by atoms with Crippen molar-refractivity contribution in [3.63, 3.8) is 0 Å². The first-order valence-electron chi connectivity index (χ1n) is 10.5. The molecule has 0 radical (unpaired) electrons. The van der Waals surface area contributed by atoms with Crippen molar-refractivity contribution in [1.82, 2.24) is 19.6 Å². The highest BCUT2D eigenvalue weighted by Crippen LogP contribution is 2.35. The molecule has 0 unspecified atom stereocenters. The molecule has 10 heteroatoms. The lowest BCUT2D eigenvalue weighted by Crippen LogP contribution is -2.28. The zero-order valence-corrected chi connectivity index (χ0v) is 17.5. The molecule has 3 heterocycles. The average Bonchev–Trinajstić information content (AvgIpc) is 3.24. The van der Waals surface area contributed by atoms with Crippen LogP contribution >= 0.6 is 0 Å². The van der Waals surface area contributed by atoms with Crippen molar-refractivity contribution >= 4 is 11.3 Å². The summed E-state index contributed by atoms with van der Waals surface area (Å²) in [6, 6.07) is 10.5. The van der Waals surface area contributed by atoms with E-state index in [-0.39, 0.29) is 30.2 Å². The fourth-order valence-corrected chi connectivity index (χ4v) is 3.97. The monoisotopic (exact) mass is 453 g/mol. The molecule has 1 saturated heterocycles. The van der Waals surface area contributed by atoms with Gasteiger partial charge < -0.3 is 20.3 Å². The number of nitrogen functional groups attached to an aromatic ring is 1. The Hall–Kier alpha value is -3.63. The van der Waals surface area contributed by atoms with Gasteiger partial charge >= 0.3 is 0 Å². The Morgan fingerprint density at radius 1 is 1.15 bits per heavy atom. The van der Waals surface area contributed by atoms with Crippen LogP contribution < -0.4 is 10.5 Å². The molecular formula is C23H21F2N5O3. The van der Waals surface area contributed by atoms with Crippen molar-refractivity contribution in [2.24, 2.45) is 0 Å². The number of rotatable bonds is 5. The molecule has 33 heavy (non-hydrogen) atoms. The predicted octanol–water partition coefficient (Wildman–Crippen LogP) is 3.70. The van der Waals surface area contributed by atoms with Gasteiger partial charge in [0.1, 0.15) is 29.1 Å². The maximum atomic E-state index is 13.9. The zero-order chi connectivity index (χ0) is 22.9. The van der Waals surface area contributed by atoms with E-state index >= 15 is 0 Å². The Morgan fingerprint density at radius 2 is 1.97 bits per heavy atom. The number of nitrogens with two attached hydrogens (primary N) is 1. The smallest absolute Gasteiger partial charge is 0.201 e. The van der Waals surface area contributed by atoms with Crippen LogP contribution in [0.1, 0.15) is 24.6 Å². The molecule has 2 aromatic heterocycles. The Morgan fingerprint density at radius 3 is 2.70 bits per heavy atom. The van der Waals surface area contributed by atoms with Crippen molar-refractivity contribution in [1.29, 1.82) is 0 Å². The van der Waals surface area contributed by atoms with E-state index in [1.807, 2.05) is 0 Å². The quantitative estimate of drug-likeness (QED) is 0.474. The van der Waals surface area contributed by atoms with Gasteiger partial charge in [0.25, 0.3) is 0 Å². The van der Waals surface area contributed by atoms with Gasteiger partial charge in [0.15, 0.2) is 17.4 Å². The Labute approximate surface area is 187 Å². The van der Waals surface area contributed by atoms with Crippen LogP contribution in [0, 0.1) is 11.6 Å². The number of fused-ring (bicyclic) bond motifs is 1. The Bertz CT molecular complexity index is 1290. The highest BCUT2D eigenvalue weighted by Gasteiger charge is 2.28. The van der Waals surface area contributed by atoms with Crippen molar-refractivity contribution in [3.8, 4) is 22.8 Å². The first-order chi connectivity index (χ1) is 16.0. The van der Waals surface area contributed by atoms with Gasteiger partial charge in [0, 0.05) is 11.5 Å². The van der Waals surface area contributed by atoms with Gasteiger partial charge in [0.05, 0.1) is 19.3 Å². The number of hydrogen-bond donors (Lipinski definition) is 2. The normalized spacial score (nSPS) is 18.5. The van der Waals surface area contributed by atoms with Crippen LogP contribution in [0.25, 0.3) is 16.8 Å². The van der Waals surface area contributed by atoms with Gasteiger partial charge in [-0.1, -0.05) is 6.07 Å². The molecule has 0 amide bonds. The third-order valence-electron chi connectivity index (χ3n) is 5.70. The summed E-state index contributed by atoms with van der Waals surface area (Å²) in [7, 11) is 0. The standard InChI is InChI=1S/C23H21F2N5O3/c24-17-2-1-3-18(19(17)25)33-15-7-4-13(5-8-15)20-21-22(26)27-12-28-30(21)23(29-20)14-6-9-16(10-31)32-11-14/h1-5,7-8,12,14,16,31H,6,9-11H2,(H2,26,27,28)/t14-,16+/m0/s1. The Balaban J connectivity index is 1.48. The van der Waals surface area contributed by atoms with E-state index in [9.17, 15) is 13.9 Å². The number of hydrogen-bond acceptors (Lipinski definition) is 7. The topological polar surface area (TPSA) is 108 Å². The molecule has 2 aromatic carbocycles. The lowest BCUT2D eigenvalue weighted by molar-refractivity contribution is -0.0284. The maximum absolute atomic E-state index is 13.9. The molecule has 1 fully saturated rings. The van der Waals surface area contributed by atoms with Crippen LogP contribution in [0.15, 0.2) is 48.8 Å². The van der Waals surface area contributed by atoms with Crippen LogP contribution in [-0.4, -0.2) is 44.0 Å². The number of benzene rings is 2. The van der Waals surface area contributed by atoms with Gasteiger partial charge in [-0.15, -0.1) is 0 Å². The molecule has 4 aromatic rings. The lowest BCUT2D eigenvalue weighted by atomic mass is 9.98. The second-order valence-corrected chi connectivity index (χ2v) is 7.81. The fourth-order valence-electron chi connectivity index (χ4n) is 3.97. The number of aromatic nitrogens is 4. The molecule has 1 aliphatic heterocycles. The number of aliphatic hydroxyl groups excluding tert-OH is 1. The van der Waals surface area contributed by atoms with Gasteiger partial charge in [-0.05, 0) is 49.2 Å². The van der Waals surface area contributed by atoms with E-state index in [4.69, 9.17) is 20.2 Å². The number of halogens is 2. The van der Waals surface area contributed by atoms with Gasteiger partial charge in [-0.3, -0.25) is 0 Å². The molecule has 0 spiro atoms. The zero-order valence-electron chi connectivity index (χ0n) is 17.5. The van der Waals surface area contributed by atoms with Crippen LogP contribution in [0.5, 0.6) is 11.5 Å². The van der Waals surface area contributed by atoms with Crippen molar-refractivity contribution in [3.05, 3.63) is 66.3 Å². The Kier molecular flexibility index (Phi) is 5.61. The van der Waals surface area contributed by atoms with Crippen LogP contribution in [-0.2, 0) is 4.74 Å². The number of ether oxygens (including phenoxy) is 2. The first-order valence-corrected chi connectivity index (χ1v) is 10.5. The molecular weight excluding hydrogens is 432 g/mol. The maximum Gasteiger partial charge on any atom is 0.201 e. The predicted molar refractivity (Wildman–Crippen MR) is 116 cm³/mol. The molecule has 170 valence electrons. The minimum atomic E-state index is -1.05. The molecule has 3 N–H and O–H groups in total. The summed E-state index contributed by atoms with van der Waals surface area (Å²) in [5.41, 5.74) is 8.06. The average molecular weight is 453 g/mol. The summed E-state index contributed by atoms with van der Waals surface area (Å²) in [4.78, 5) is 8.93. The number of imidazole rings is 1. The van der Waals surface area contributed by atoms with Crippen LogP contribution in [0.2, 0.25) is 0 Å². The van der Waals surface area contributed by atoms with E-state index in [0.29, 0.717) is 35.8 Å². The van der Waals surface area contributed by atoms with E-state index < -0.39 is 11.6 Å². The third-order valence-corrected chi connectivity index (χ3v) is 5.70. The minimum absolute atomic E-state index is 0.0106. The second kappa shape index (κ2) is 8.72. The van der Waals surface area contributed by atoms with Crippen LogP contribution in [0.3, 0.4) is 0 Å². The first kappa shape index (κ1) is 21.2. The van der Waals surface area contributed by atoms with E-state index in [1.54, 1.807) is 28.8 Å². The minimum Gasteiger partial charge on any atom is -0.454 e. The summed E-state index contributed by atoms with van der Waals surface area (Å²) in [5, 5.41) is 13.7. The number of aliphatic hydroxyl groups is 1. The molecule has 0 aliphatic carbocycles. The van der Waals surface area contributed by atoms with Crippen molar-refractivity contribution in [2.45, 2.75) is 24.9 Å². The molecule has 2 atom stereocenters. The summed E-state index contributed by atoms with van der Waals surface area (Å²) in [6.45, 7) is 0.406. The van der Waals surface area contributed by atoms with Gasteiger partial charge in [-0.2, -0.15) is 9.49 Å². The van der Waals surface area contributed by atoms with Gasteiger partial charge in [-0.25, -0.2) is 18.9 Å². The summed E-state index contributed by atoms with van der Waals surface area (Å²) < 4.78 is 40.2. The molecule has 1 aliphatic rings. The fraction of sp³-hybridized carbons (Fsp3) is 0.261. The molecule has 0 bridgehead atoms.